The molecule has 2 amide bonds. The average molecular weight is 384 g/mol. The zero-order chi connectivity index (χ0) is 17.6. The lowest BCUT2D eigenvalue weighted by molar-refractivity contribution is -0.132. The fraction of sp³-hybridized carbons (Fsp3) is 0.579. The van der Waals surface area contributed by atoms with Crippen LogP contribution in [0.2, 0.25) is 0 Å². The summed E-state index contributed by atoms with van der Waals surface area (Å²) in [6.07, 6.45) is 4.23. The maximum Gasteiger partial charge on any atom is 0.237 e. The molecule has 2 unspecified atom stereocenters. The van der Waals surface area contributed by atoms with Crippen molar-refractivity contribution in [3.8, 4) is 0 Å². The lowest BCUT2D eigenvalue weighted by Gasteiger charge is -2.33. The van der Waals surface area contributed by atoms with E-state index >= 15 is 0 Å². The Morgan fingerprint density at radius 2 is 1.96 bits per heavy atom. The molecular weight excluding hydrogens is 357 g/mol. The predicted octanol–water partition coefficient (Wildman–Crippen LogP) is 1.90. The van der Waals surface area contributed by atoms with Crippen LogP contribution in [0, 0.1) is 11.7 Å². The highest BCUT2D eigenvalue weighted by molar-refractivity contribution is 5.85. The predicted molar refractivity (Wildman–Crippen MR) is 101 cm³/mol. The van der Waals surface area contributed by atoms with Gasteiger partial charge in [-0.25, -0.2) is 4.39 Å². The number of benzene rings is 1. The second kappa shape index (κ2) is 9.88. The first-order chi connectivity index (χ1) is 12.1. The Kier molecular flexibility index (Phi) is 7.85. The largest absolute Gasteiger partial charge is 0.354 e. The summed E-state index contributed by atoms with van der Waals surface area (Å²) >= 11 is 0. The molecule has 0 radical (unpaired) electrons. The van der Waals surface area contributed by atoms with Crippen LogP contribution in [0.1, 0.15) is 31.2 Å². The molecule has 0 aromatic heterocycles. The van der Waals surface area contributed by atoms with Gasteiger partial charge in [0.05, 0.1) is 12.5 Å². The molecule has 5 nitrogen and oxygen atoms in total. The summed E-state index contributed by atoms with van der Waals surface area (Å²) in [6.45, 7) is 2.97. The second-order valence-corrected chi connectivity index (χ2v) is 7.05. The minimum Gasteiger partial charge on any atom is -0.354 e. The van der Waals surface area contributed by atoms with Crippen LogP contribution in [-0.2, 0) is 16.0 Å². The fourth-order valence-electron chi connectivity index (χ4n) is 3.62. The first kappa shape index (κ1) is 20.6. The molecular formula is C19H27ClFN3O2. The molecule has 0 aliphatic carbocycles. The van der Waals surface area contributed by atoms with Gasteiger partial charge < -0.3 is 15.5 Å². The van der Waals surface area contributed by atoms with E-state index in [0.717, 1.165) is 44.3 Å². The molecule has 26 heavy (non-hydrogen) atoms. The molecule has 2 saturated heterocycles. The molecule has 2 N–H and O–H groups in total. The van der Waals surface area contributed by atoms with Crippen LogP contribution in [0.4, 0.5) is 4.39 Å². The Labute approximate surface area is 160 Å². The number of hydrogen-bond acceptors (Lipinski definition) is 3. The van der Waals surface area contributed by atoms with E-state index in [1.54, 1.807) is 12.1 Å². The number of rotatable bonds is 5. The maximum absolute atomic E-state index is 13.0. The molecule has 0 spiro atoms. The van der Waals surface area contributed by atoms with Gasteiger partial charge >= 0.3 is 0 Å². The summed E-state index contributed by atoms with van der Waals surface area (Å²) in [5.41, 5.74) is 0.828. The van der Waals surface area contributed by atoms with E-state index in [1.165, 1.54) is 12.1 Å². The fourth-order valence-corrected chi connectivity index (χ4v) is 3.62. The number of amides is 2. The van der Waals surface area contributed by atoms with E-state index < -0.39 is 0 Å². The van der Waals surface area contributed by atoms with E-state index in [1.807, 2.05) is 4.90 Å². The van der Waals surface area contributed by atoms with Gasteiger partial charge in [-0.15, -0.1) is 12.4 Å². The van der Waals surface area contributed by atoms with Crippen LogP contribution < -0.4 is 10.6 Å². The molecule has 1 aromatic carbocycles. The molecule has 2 atom stereocenters. The molecule has 3 rings (SSSR count). The molecule has 144 valence electrons. The van der Waals surface area contributed by atoms with E-state index in [9.17, 15) is 14.0 Å². The van der Waals surface area contributed by atoms with Gasteiger partial charge in [0, 0.05) is 19.6 Å². The van der Waals surface area contributed by atoms with Gasteiger partial charge in [0.15, 0.2) is 0 Å². The van der Waals surface area contributed by atoms with Crippen molar-refractivity contribution in [3.05, 3.63) is 35.6 Å². The smallest absolute Gasteiger partial charge is 0.237 e. The SMILES string of the molecule is Cl.O=C(NCC1CCCN(C(=O)Cc2ccc(F)cc2)C1)C1CCCN1. The van der Waals surface area contributed by atoms with Crippen molar-refractivity contribution in [3.63, 3.8) is 0 Å². The third kappa shape index (κ3) is 5.68. The van der Waals surface area contributed by atoms with Crippen LogP contribution in [0.25, 0.3) is 0 Å². The van der Waals surface area contributed by atoms with Gasteiger partial charge in [-0.3, -0.25) is 9.59 Å². The summed E-state index contributed by atoms with van der Waals surface area (Å²) < 4.78 is 13.0. The van der Waals surface area contributed by atoms with E-state index in [-0.39, 0.29) is 36.1 Å². The summed E-state index contributed by atoms with van der Waals surface area (Å²) in [4.78, 5) is 26.4. The molecule has 2 heterocycles. The topological polar surface area (TPSA) is 61.4 Å². The first-order valence-corrected chi connectivity index (χ1v) is 9.15. The lowest BCUT2D eigenvalue weighted by Crippen LogP contribution is -2.47. The van der Waals surface area contributed by atoms with Crippen molar-refractivity contribution < 1.29 is 14.0 Å². The van der Waals surface area contributed by atoms with Gasteiger partial charge in [-0.2, -0.15) is 0 Å². The van der Waals surface area contributed by atoms with Crippen molar-refractivity contribution in [1.82, 2.24) is 15.5 Å². The monoisotopic (exact) mass is 383 g/mol. The summed E-state index contributed by atoms with van der Waals surface area (Å²) in [6, 6.07) is 6.02. The highest BCUT2D eigenvalue weighted by atomic mass is 35.5. The van der Waals surface area contributed by atoms with Gasteiger partial charge in [0.2, 0.25) is 11.8 Å². The second-order valence-electron chi connectivity index (χ2n) is 7.05. The quantitative estimate of drug-likeness (QED) is 0.816. The third-order valence-electron chi connectivity index (χ3n) is 5.08. The maximum atomic E-state index is 13.0. The zero-order valence-corrected chi connectivity index (χ0v) is 15.7. The van der Waals surface area contributed by atoms with Gasteiger partial charge in [0.25, 0.3) is 0 Å². The highest BCUT2D eigenvalue weighted by Crippen LogP contribution is 2.17. The number of carbonyl (C=O) groups excluding carboxylic acids is 2. The Morgan fingerprint density at radius 3 is 2.65 bits per heavy atom. The molecule has 0 saturated carbocycles. The number of hydrogen-bond donors (Lipinski definition) is 2. The van der Waals surface area contributed by atoms with Crippen LogP contribution >= 0.6 is 12.4 Å². The zero-order valence-electron chi connectivity index (χ0n) is 14.9. The minimum absolute atomic E-state index is 0. The van der Waals surface area contributed by atoms with E-state index in [4.69, 9.17) is 0 Å². The van der Waals surface area contributed by atoms with Crippen LogP contribution in [0.15, 0.2) is 24.3 Å². The molecule has 7 heteroatoms. The van der Waals surface area contributed by atoms with Crippen LogP contribution in [0.5, 0.6) is 0 Å². The Morgan fingerprint density at radius 1 is 1.19 bits per heavy atom. The lowest BCUT2D eigenvalue weighted by atomic mass is 9.97. The minimum atomic E-state index is -0.290. The number of nitrogens with one attached hydrogen (secondary N) is 2. The summed E-state index contributed by atoms with van der Waals surface area (Å²) in [5, 5.41) is 6.23. The molecule has 2 aliphatic heterocycles. The van der Waals surface area contributed by atoms with Crippen molar-refractivity contribution in [1.29, 1.82) is 0 Å². The van der Waals surface area contributed by atoms with Gasteiger partial charge in [-0.05, 0) is 55.8 Å². The highest BCUT2D eigenvalue weighted by Gasteiger charge is 2.26. The number of carbonyl (C=O) groups is 2. The van der Waals surface area contributed by atoms with Crippen LogP contribution in [-0.4, -0.2) is 48.9 Å². The summed E-state index contributed by atoms with van der Waals surface area (Å²) in [5.74, 6) is 0.158. The Hall–Kier alpha value is -1.66. The average Bonchev–Trinajstić information content (AvgIpc) is 3.16. The molecule has 1 aromatic rings. The van der Waals surface area contributed by atoms with Crippen molar-refractivity contribution in [2.24, 2.45) is 5.92 Å². The van der Waals surface area contributed by atoms with Crippen LogP contribution in [0.3, 0.4) is 0 Å². The molecule has 0 bridgehead atoms. The van der Waals surface area contributed by atoms with Crippen molar-refractivity contribution >= 4 is 24.2 Å². The Bertz CT molecular complexity index is 605. The van der Waals surface area contributed by atoms with Gasteiger partial charge in [-0.1, -0.05) is 12.1 Å². The third-order valence-corrected chi connectivity index (χ3v) is 5.08. The van der Waals surface area contributed by atoms with E-state index in [2.05, 4.69) is 10.6 Å². The number of piperidine rings is 1. The van der Waals surface area contributed by atoms with Crippen molar-refractivity contribution in [2.45, 2.75) is 38.1 Å². The molecule has 2 fully saturated rings. The molecule has 2 aliphatic rings. The number of halogens is 2. The Balaban J connectivity index is 0.00000243. The van der Waals surface area contributed by atoms with Gasteiger partial charge in [0.1, 0.15) is 5.82 Å². The number of nitrogens with zero attached hydrogens (tertiary/aromatic N) is 1. The normalized spacial score (nSPS) is 22.6. The van der Waals surface area contributed by atoms with Crippen molar-refractivity contribution in [2.75, 3.05) is 26.2 Å². The first-order valence-electron chi connectivity index (χ1n) is 9.15. The van der Waals surface area contributed by atoms with E-state index in [0.29, 0.717) is 25.4 Å². The summed E-state index contributed by atoms with van der Waals surface area (Å²) in [7, 11) is 0. The standard InChI is InChI=1S/C19H26FN3O2.ClH/c20-16-7-5-14(6-8-16)11-18(24)23-10-2-3-15(13-23)12-22-19(25)17-4-1-9-21-17;/h5-8,15,17,21H,1-4,9-13H2,(H,22,25);1H. The number of likely N-dealkylation sites (tertiary alicyclic amines) is 1.